The molecule has 0 spiro atoms. The molecule has 0 unspecified atom stereocenters. The molecule has 1 aliphatic rings. The molecule has 0 atom stereocenters. The zero-order chi connectivity index (χ0) is 26.6. The zero-order valence-corrected chi connectivity index (χ0v) is 20.0. The Morgan fingerprint density at radius 2 is 2.00 bits per heavy atom. The highest BCUT2D eigenvalue weighted by molar-refractivity contribution is 6.08. The molecule has 0 amide bonds. The van der Waals surface area contributed by atoms with E-state index >= 15 is 0 Å². The Hall–Kier alpha value is -5.22. The summed E-state index contributed by atoms with van der Waals surface area (Å²) < 4.78 is 32.9. The summed E-state index contributed by atoms with van der Waals surface area (Å²) in [6, 6.07) is 15.0. The van der Waals surface area contributed by atoms with E-state index in [1.165, 1.54) is 10.7 Å². The van der Waals surface area contributed by atoms with E-state index in [1.807, 2.05) is 41.7 Å². The molecule has 4 heterocycles. The minimum Gasteiger partial charge on any atom is -0.487 e. The van der Waals surface area contributed by atoms with Gasteiger partial charge in [-0.3, -0.25) is 0 Å². The first-order valence-electron chi connectivity index (χ1n) is 11.6. The average Bonchev–Trinajstić information content (AvgIpc) is 3.34. The smallest absolute Gasteiger partial charge is 0.312 e. The maximum absolute atomic E-state index is 12.7. The number of halogens is 2. The first-order valence-corrected chi connectivity index (χ1v) is 11.6. The Morgan fingerprint density at radius 3 is 2.63 bits per heavy atom. The van der Waals surface area contributed by atoms with Crippen molar-refractivity contribution in [2.75, 3.05) is 18.0 Å². The van der Waals surface area contributed by atoms with Crippen LogP contribution in [0.3, 0.4) is 0 Å². The van der Waals surface area contributed by atoms with Crippen LogP contribution in [0.15, 0.2) is 67.3 Å². The summed E-state index contributed by atoms with van der Waals surface area (Å²) in [5, 5.41) is 23.4. The number of nitriles is 1. The second-order valence-corrected chi connectivity index (χ2v) is 8.54. The lowest BCUT2D eigenvalue weighted by atomic mass is 10.0. The highest BCUT2D eigenvalue weighted by Gasteiger charge is 2.29. The Bertz CT molecular complexity index is 1590. The normalized spacial score (nSPS) is 13.6. The minimum absolute atomic E-state index is 0.0302. The maximum atomic E-state index is 12.7. The fourth-order valence-electron chi connectivity index (χ4n) is 4.20. The van der Waals surface area contributed by atoms with Crippen LogP contribution in [0.4, 0.5) is 14.6 Å². The largest absolute Gasteiger partial charge is 0.487 e. The molecule has 4 aromatic rings. The number of alkyl halides is 2. The first kappa shape index (κ1) is 24.5. The molecule has 0 bridgehead atoms. The summed E-state index contributed by atoms with van der Waals surface area (Å²) >= 11 is 0. The fraction of sp³-hybridized carbons (Fsp3) is 0.143. The summed E-state index contributed by atoms with van der Waals surface area (Å²) in [4.78, 5) is 6.69. The fourth-order valence-corrected chi connectivity index (χ4v) is 4.20. The van der Waals surface area contributed by atoms with E-state index in [2.05, 4.69) is 27.0 Å². The van der Waals surface area contributed by atoms with Crippen LogP contribution in [0.2, 0.25) is 0 Å². The Balaban J connectivity index is 1.37. The predicted octanol–water partition coefficient (Wildman–Crippen LogP) is 4.32. The van der Waals surface area contributed by atoms with Gasteiger partial charge in [-0.2, -0.15) is 19.1 Å². The lowest BCUT2D eigenvalue weighted by molar-refractivity contribution is 0.125. The Kier molecular flexibility index (Phi) is 6.70. The molecule has 0 saturated carbocycles. The number of benzene rings is 1. The van der Waals surface area contributed by atoms with Crippen molar-refractivity contribution in [3.63, 3.8) is 0 Å². The first-order chi connectivity index (χ1) is 18.5. The van der Waals surface area contributed by atoms with Crippen LogP contribution >= 0.6 is 0 Å². The van der Waals surface area contributed by atoms with Crippen LogP contribution in [0.1, 0.15) is 16.7 Å². The number of fused-ring (bicyclic) bond motifs is 1. The number of anilines is 1. The van der Waals surface area contributed by atoms with Crippen LogP contribution in [-0.4, -0.2) is 46.6 Å². The van der Waals surface area contributed by atoms with Crippen molar-refractivity contribution in [3.05, 3.63) is 83.9 Å². The van der Waals surface area contributed by atoms with Crippen molar-refractivity contribution < 1.29 is 13.5 Å². The van der Waals surface area contributed by atoms with E-state index in [1.54, 1.807) is 18.5 Å². The van der Waals surface area contributed by atoms with Gasteiger partial charge in [-0.1, -0.05) is 5.92 Å². The van der Waals surface area contributed by atoms with Gasteiger partial charge in [0.15, 0.2) is 0 Å². The van der Waals surface area contributed by atoms with E-state index in [0.29, 0.717) is 40.9 Å². The Labute approximate surface area is 217 Å². The summed E-state index contributed by atoms with van der Waals surface area (Å²) in [7, 11) is 0. The highest BCUT2D eigenvalue weighted by Crippen LogP contribution is 2.31. The van der Waals surface area contributed by atoms with Gasteiger partial charge in [-0.15, -0.1) is 6.42 Å². The van der Waals surface area contributed by atoms with Gasteiger partial charge in [0, 0.05) is 52.6 Å². The van der Waals surface area contributed by atoms with Gasteiger partial charge in [0.1, 0.15) is 23.7 Å². The lowest BCUT2D eigenvalue weighted by Crippen LogP contribution is -2.54. The number of nitrogens with zero attached hydrogens (tertiary/aromatic N) is 5. The quantitative estimate of drug-likeness (QED) is 0.208. The number of hydrogen-bond donors (Lipinski definition) is 2. The number of ether oxygens (including phenoxy) is 1. The van der Waals surface area contributed by atoms with E-state index in [4.69, 9.17) is 16.6 Å². The Morgan fingerprint density at radius 1 is 1.21 bits per heavy atom. The highest BCUT2D eigenvalue weighted by atomic mass is 19.3. The topological polar surface area (TPSA) is 102 Å². The third-order valence-electron chi connectivity index (χ3n) is 6.14. The molecule has 38 heavy (non-hydrogen) atoms. The van der Waals surface area contributed by atoms with Gasteiger partial charge in [0.2, 0.25) is 0 Å². The van der Waals surface area contributed by atoms with Crippen molar-refractivity contribution in [1.29, 1.82) is 10.7 Å². The predicted molar refractivity (Wildman–Crippen MR) is 140 cm³/mol. The van der Waals surface area contributed by atoms with Crippen molar-refractivity contribution in [2.45, 2.75) is 12.7 Å². The third kappa shape index (κ3) is 4.88. The third-order valence-corrected chi connectivity index (χ3v) is 6.14. The molecule has 10 heteroatoms. The maximum Gasteiger partial charge on any atom is 0.312 e. The molecule has 0 radical (unpaired) electrons. The number of terminal acetylenes is 1. The van der Waals surface area contributed by atoms with Crippen LogP contribution in [0.5, 0.6) is 5.75 Å². The molecular weight excluding hydrogens is 488 g/mol. The number of rotatable bonds is 8. The second-order valence-electron chi connectivity index (χ2n) is 8.54. The van der Waals surface area contributed by atoms with Gasteiger partial charge in [-0.05, 0) is 42.5 Å². The zero-order valence-electron chi connectivity index (χ0n) is 20.0. The molecular formula is C28H21F2N7O. The minimum atomic E-state index is -2.76. The van der Waals surface area contributed by atoms with Gasteiger partial charge in [0.25, 0.3) is 0 Å². The molecule has 5 rings (SSSR count). The number of pyridine rings is 2. The van der Waals surface area contributed by atoms with Crippen LogP contribution in [-0.2, 0) is 0 Å². The average molecular weight is 510 g/mol. The molecule has 188 valence electrons. The van der Waals surface area contributed by atoms with Crippen molar-refractivity contribution in [3.8, 4) is 35.3 Å². The number of nitrogens with one attached hydrogen (secondary N) is 2. The molecule has 8 nitrogen and oxygen atoms in total. The number of allylic oxidation sites excluding steroid dienone is 1. The van der Waals surface area contributed by atoms with Gasteiger partial charge >= 0.3 is 6.55 Å². The molecule has 3 aromatic heterocycles. The molecule has 1 aliphatic heterocycles. The van der Waals surface area contributed by atoms with E-state index in [0.717, 1.165) is 29.5 Å². The summed E-state index contributed by atoms with van der Waals surface area (Å²) in [6.45, 7) is -1.41. The summed E-state index contributed by atoms with van der Waals surface area (Å²) in [5.74, 6) is 4.12. The van der Waals surface area contributed by atoms with Crippen molar-refractivity contribution in [1.82, 2.24) is 19.9 Å². The molecule has 1 fully saturated rings. The van der Waals surface area contributed by atoms with Crippen molar-refractivity contribution in [2.24, 2.45) is 0 Å². The van der Waals surface area contributed by atoms with Crippen LogP contribution in [0.25, 0.3) is 22.2 Å². The SMILES string of the molecule is C#Cc1ccc(OC2CN(c3ccc(-c4cc(/C(C=N)=C/NC(F)F)cn5ncc(C#N)c45)cn3)C2)cc1. The monoisotopic (exact) mass is 509 g/mol. The van der Waals surface area contributed by atoms with E-state index < -0.39 is 6.55 Å². The second kappa shape index (κ2) is 10.4. The summed E-state index contributed by atoms with van der Waals surface area (Å²) in [6.07, 6.45) is 12.2. The lowest BCUT2D eigenvalue weighted by Gasteiger charge is -2.39. The van der Waals surface area contributed by atoms with Crippen LogP contribution < -0.4 is 15.0 Å². The van der Waals surface area contributed by atoms with Crippen LogP contribution in [0, 0.1) is 29.1 Å². The molecule has 0 aliphatic carbocycles. The van der Waals surface area contributed by atoms with Gasteiger partial charge < -0.3 is 20.4 Å². The van der Waals surface area contributed by atoms with Gasteiger partial charge in [-0.25, -0.2) is 9.50 Å². The van der Waals surface area contributed by atoms with Gasteiger partial charge in [0.05, 0.1) is 30.4 Å². The molecule has 2 N–H and O–H groups in total. The van der Waals surface area contributed by atoms with E-state index in [-0.39, 0.29) is 11.7 Å². The van der Waals surface area contributed by atoms with Crippen molar-refractivity contribution >= 4 is 23.1 Å². The standard InChI is InChI=1S/C28H21F2N7O/c1-2-18-3-6-23(7-4-18)38-24-16-36(17-24)26-8-5-19(12-33-26)25-9-20(21(10-31)13-34-28(29)30)15-37-27(25)22(11-32)14-35-37/h1,3-10,12-15,24,28,31,34H,16-17H2/b21-13+,31-10?. The van der Waals surface area contributed by atoms with E-state index in [9.17, 15) is 14.0 Å². The molecule has 1 saturated heterocycles. The molecule has 1 aromatic carbocycles. The number of aromatic nitrogens is 3. The number of hydrogen-bond acceptors (Lipinski definition) is 7. The summed E-state index contributed by atoms with van der Waals surface area (Å²) in [5.41, 5.74) is 3.78.